The van der Waals surface area contributed by atoms with E-state index in [9.17, 15) is 18.8 Å². The molecule has 0 atom stereocenters. The van der Waals surface area contributed by atoms with Crippen molar-refractivity contribution in [2.75, 3.05) is 32.6 Å². The van der Waals surface area contributed by atoms with E-state index >= 15 is 0 Å². The molecule has 1 N–H and O–H groups in total. The summed E-state index contributed by atoms with van der Waals surface area (Å²) in [5.41, 5.74) is 2.52. The number of esters is 1. The van der Waals surface area contributed by atoms with Crippen LogP contribution in [0.4, 0.5) is 10.1 Å². The lowest BCUT2D eigenvalue weighted by Crippen LogP contribution is -2.37. The number of halogens is 1. The quantitative estimate of drug-likeness (QED) is 0.720. The first-order chi connectivity index (χ1) is 13.7. The van der Waals surface area contributed by atoms with E-state index in [2.05, 4.69) is 5.32 Å². The highest BCUT2D eigenvalue weighted by atomic mass is 19.1. The molecule has 0 bridgehead atoms. The highest BCUT2D eigenvalue weighted by Gasteiger charge is 2.17. The number of benzene rings is 2. The van der Waals surface area contributed by atoms with E-state index in [4.69, 9.17) is 9.47 Å². The van der Waals surface area contributed by atoms with Gasteiger partial charge in [-0.3, -0.25) is 9.59 Å². The molecule has 2 aromatic carbocycles. The third kappa shape index (κ3) is 6.03. The second-order valence-corrected chi connectivity index (χ2v) is 6.54. The average molecular weight is 402 g/mol. The molecular weight excluding hydrogens is 379 g/mol. The third-order valence-corrected chi connectivity index (χ3v) is 4.19. The molecule has 0 unspecified atom stereocenters. The molecule has 2 amide bonds. The van der Waals surface area contributed by atoms with E-state index in [0.29, 0.717) is 5.69 Å². The van der Waals surface area contributed by atoms with Crippen molar-refractivity contribution >= 4 is 23.5 Å². The van der Waals surface area contributed by atoms with Crippen LogP contribution in [0.3, 0.4) is 0 Å². The Hall–Kier alpha value is -3.42. The second-order valence-electron chi connectivity index (χ2n) is 6.54. The molecule has 0 fully saturated rings. The number of methoxy groups -OCH3 is 1. The lowest BCUT2D eigenvalue weighted by atomic mass is 10.1. The third-order valence-electron chi connectivity index (χ3n) is 4.19. The fourth-order valence-corrected chi connectivity index (χ4v) is 2.48. The summed E-state index contributed by atoms with van der Waals surface area (Å²) >= 11 is 0. The molecule has 154 valence electrons. The summed E-state index contributed by atoms with van der Waals surface area (Å²) in [4.78, 5) is 37.4. The van der Waals surface area contributed by atoms with Crippen molar-refractivity contribution in [1.82, 2.24) is 4.90 Å². The maximum Gasteiger partial charge on any atom is 0.338 e. The highest BCUT2D eigenvalue weighted by Crippen LogP contribution is 2.18. The van der Waals surface area contributed by atoms with Gasteiger partial charge in [0.15, 0.2) is 18.2 Å². The maximum absolute atomic E-state index is 13.7. The van der Waals surface area contributed by atoms with Gasteiger partial charge in [-0.2, -0.15) is 0 Å². The van der Waals surface area contributed by atoms with Gasteiger partial charge in [-0.15, -0.1) is 0 Å². The predicted octanol–water partition coefficient (Wildman–Crippen LogP) is 2.71. The Morgan fingerprint density at radius 1 is 1.10 bits per heavy atom. The Balaban J connectivity index is 1.86. The number of amides is 2. The van der Waals surface area contributed by atoms with Crippen molar-refractivity contribution in [2.45, 2.75) is 13.8 Å². The molecule has 0 saturated heterocycles. The van der Waals surface area contributed by atoms with Crippen molar-refractivity contribution in [1.29, 1.82) is 0 Å². The van der Waals surface area contributed by atoms with E-state index in [1.54, 1.807) is 0 Å². The number of nitrogens with zero attached hydrogens (tertiary/aromatic N) is 1. The van der Waals surface area contributed by atoms with E-state index in [1.165, 1.54) is 26.3 Å². The van der Waals surface area contributed by atoms with Gasteiger partial charge >= 0.3 is 5.97 Å². The summed E-state index contributed by atoms with van der Waals surface area (Å²) in [6, 6.07) is 9.25. The Morgan fingerprint density at radius 3 is 2.48 bits per heavy atom. The van der Waals surface area contributed by atoms with E-state index < -0.39 is 24.3 Å². The maximum atomic E-state index is 13.7. The first-order valence-electron chi connectivity index (χ1n) is 8.83. The number of hydrogen-bond donors (Lipinski definition) is 1. The lowest BCUT2D eigenvalue weighted by Gasteiger charge is -2.17. The van der Waals surface area contributed by atoms with Crippen LogP contribution in [-0.2, 0) is 14.3 Å². The first-order valence-corrected chi connectivity index (χ1v) is 8.83. The number of aryl methyl sites for hydroxylation is 2. The number of carbonyl (C=O) groups is 3. The van der Waals surface area contributed by atoms with Crippen LogP contribution < -0.4 is 10.1 Å². The summed E-state index contributed by atoms with van der Waals surface area (Å²) < 4.78 is 23.3. The Bertz CT molecular complexity index is 929. The number of carbonyl (C=O) groups excluding carboxylic acids is 3. The molecule has 0 heterocycles. The summed E-state index contributed by atoms with van der Waals surface area (Å²) in [5.74, 6) is -2.52. The van der Waals surface area contributed by atoms with Crippen molar-refractivity contribution in [3.8, 4) is 5.75 Å². The van der Waals surface area contributed by atoms with Crippen LogP contribution in [0.2, 0.25) is 0 Å². The molecule has 7 nitrogen and oxygen atoms in total. The fourth-order valence-electron chi connectivity index (χ4n) is 2.48. The smallest absolute Gasteiger partial charge is 0.338 e. The van der Waals surface area contributed by atoms with Crippen molar-refractivity contribution in [2.24, 2.45) is 0 Å². The number of nitrogens with one attached hydrogen (secondary N) is 1. The van der Waals surface area contributed by atoms with Crippen LogP contribution in [0.5, 0.6) is 5.75 Å². The lowest BCUT2D eigenvalue weighted by molar-refractivity contribution is -0.136. The molecule has 0 aliphatic heterocycles. The minimum absolute atomic E-state index is 0.00720. The van der Waals surface area contributed by atoms with E-state index in [-0.39, 0.29) is 23.8 Å². The van der Waals surface area contributed by atoms with Gasteiger partial charge in [-0.05, 0) is 49.2 Å². The molecule has 0 aliphatic carbocycles. The standard InChI is InChI=1S/C21H23FN2O5/c1-13-5-6-14(2)17(9-13)23-19(25)11-24(3)20(26)12-29-21(27)15-7-8-18(28-4)16(22)10-15/h5-10H,11-12H2,1-4H3,(H,23,25). The molecule has 0 aromatic heterocycles. The van der Waals surface area contributed by atoms with E-state index in [1.807, 2.05) is 32.0 Å². The number of anilines is 1. The fraction of sp³-hybridized carbons (Fsp3) is 0.286. The minimum atomic E-state index is -0.854. The molecule has 0 radical (unpaired) electrons. The van der Waals surface area contributed by atoms with Crippen LogP contribution in [-0.4, -0.2) is 50.0 Å². The summed E-state index contributed by atoms with van der Waals surface area (Å²) in [5, 5.41) is 2.75. The average Bonchev–Trinajstić information content (AvgIpc) is 2.68. The normalized spacial score (nSPS) is 10.2. The van der Waals surface area contributed by atoms with Crippen molar-refractivity contribution < 1.29 is 28.2 Å². The number of hydrogen-bond acceptors (Lipinski definition) is 5. The zero-order chi connectivity index (χ0) is 21.6. The molecule has 8 heteroatoms. The van der Waals surface area contributed by atoms with E-state index in [0.717, 1.165) is 22.1 Å². The SMILES string of the molecule is COc1ccc(C(=O)OCC(=O)N(C)CC(=O)Nc2cc(C)ccc2C)cc1F. The van der Waals surface area contributed by atoms with Crippen LogP contribution in [0.25, 0.3) is 0 Å². The second kappa shape index (κ2) is 9.68. The van der Waals surface area contributed by atoms with Crippen molar-refractivity contribution in [3.05, 3.63) is 58.9 Å². The minimum Gasteiger partial charge on any atom is -0.494 e. The van der Waals surface area contributed by atoms with Gasteiger partial charge in [0, 0.05) is 12.7 Å². The van der Waals surface area contributed by atoms with Crippen LogP contribution in [0.1, 0.15) is 21.5 Å². The Kier molecular flexibility index (Phi) is 7.30. The summed E-state index contributed by atoms with van der Waals surface area (Å²) in [6.45, 7) is 3.00. The molecular formula is C21H23FN2O5. The molecule has 2 rings (SSSR count). The number of ether oxygens (including phenoxy) is 2. The van der Waals surface area contributed by atoms with Crippen LogP contribution in [0.15, 0.2) is 36.4 Å². The Morgan fingerprint density at radius 2 is 1.83 bits per heavy atom. The van der Waals surface area contributed by atoms with Crippen LogP contribution >= 0.6 is 0 Å². The van der Waals surface area contributed by atoms with Crippen LogP contribution in [0, 0.1) is 19.7 Å². The van der Waals surface area contributed by atoms with Gasteiger partial charge in [0.25, 0.3) is 5.91 Å². The number of rotatable bonds is 7. The van der Waals surface area contributed by atoms with Gasteiger partial charge in [0.2, 0.25) is 5.91 Å². The topological polar surface area (TPSA) is 84.9 Å². The van der Waals surface area contributed by atoms with Gasteiger partial charge in [-0.1, -0.05) is 12.1 Å². The first kappa shape index (κ1) is 21.9. The van der Waals surface area contributed by atoms with Gasteiger partial charge in [0.05, 0.1) is 19.2 Å². The van der Waals surface area contributed by atoms with Gasteiger partial charge in [-0.25, -0.2) is 9.18 Å². The number of likely N-dealkylation sites (N-methyl/N-ethyl adjacent to an activating group) is 1. The largest absolute Gasteiger partial charge is 0.494 e. The predicted molar refractivity (Wildman–Crippen MR) is 105 cm³/mol. The molecule has 2 aromatic rings. The molecule has 29 heavy (non-hydrogen) atoms. The van der Waals surface area contributed by atoms with Gasteiger partial charge < -0.3 is 19.7 Å². The zero-order valence-corrected chi connectivity index (χ0v) is 16.7. The highest BCUT2D eigenvalue weighted by molar-refractivity contribution is 5.96. The molecule has 0 saturated carbocycles. The van der Waals surface area contributed by atoms with Gasteiger partial charge in [0.1, 0.15) is 0 Å². The van der Waals surface area contributed by atoms with Crippen molar-refractivity contribution in [3.63, 3.8) is 0 Å². The summed E-state index contributed by atoms with van der Waals surface area (Å²) in [7, 11) is 2.73. The summed E-state index contributed by atoms with van der Waals surface area (Å²) in [6.07, 6.45) is 0. The zero-order valence-electron chi connectivity index (χ0n) is 16.7. The monoisotopic (exact) mass is 402 g/mol. The molecule has 0 aliphatic rings. The Labute approximate surface area is 168 Å². The molecule has 0 spiro atoms.